The fourth-order valence-corrected chi connectivity index (χ4v) is 2.66. The van der Waals surface area contributed by atoms with E-state index in [1.807, 2.05) is 43.5 Å². The van der Waals surface area contributed by atoms with Crippen molar-refractivity contribution in [2.24, 2.45) is 0 Å². The van der Waals surface area contributed by atoms with E-state index in [1.165, 1.54) is 6.08 Å². The molecule has 0 aliphatic heterocycles. The topological polar surface area (TPSA) is 92.4 Å². The van der Waals surface area contributed by atoms with Gasteiger partial charge < -0.3 is 10.1 Å². The number of rotatable bonds is 8. The second-order valence-electron chi connectivity index (χ2n) is 5.77. The number of unbranched alkanes of at least 4 members (excludes halogenated alkanes) is 1. The van der Waals surface area contributed by atoms with Crippen LogP contribution in [0, 0.1) is 6.92 Å². The minimum absolute atomic E-state index is 0.417. The summed E-state index contributed by atoms with van der Waals surface area (Å²) >= 11 is 1.59. The van der Waals surface area contributed by atoms with Gasteiger partial charge in [-0.2, -0.15) is 0 Å². The molecule has 0 bridgehead atoms. The van der Waals surface area contributed by atoms with Gasteiger partial charge in [-0.25, -0.2) is 15.2 Å². The summed E-state index contributed by atoms with van der Waals surface area (Å²) in [4.78, 5) is 27.5. The minimum atomic E-state index is -0.429. The highest BCUT2D eigenvalue weighted by Crippen LogP contribution is 2.16. The Morgan fingerprint density at radius 3 is 2.67 bits per heavy atom. The van der Waals surface area contributed by atoms with Gasteiger partial charge in [0, 0.05) is 18.0 Å². The van der Waals surface area contributed by atoms with Crippen molar-refractivity contribution in [3.8, 4) is 5.75 Å². The van der Waals surface area contributed by atoms with Crippen molar-refractivity contribution in [3.05, 3.63) is 52.0 Å². The SMILES string of the molecule is CCCCNC(=O)NNC(=O)C=Cc1ccc(OCc2csc(C)n2)cc1. The highest BCUT2D eigenvalue weighted by molar-refractivity contribution is 7.09. The second-order valence-corrected chi connectivity index (χ2v) is 6.83. The highest BCUT2D eigenvalue weighted by atomic mass is 32.1. The number of hydrogen-bond acceptors (Lipinski definition) is 5. The third kappa shape index (κ3) is 7.91. The Hall–Kier alpha value is -2.87. The fraction of sp³-hybridized carbons (Fsp3) is 0.316. The van der Waals surface area contributed by atoms with E-state index in [2.05, 4.69) is 21.2 Å². The number of nitrogens with one attached hydrogen (secondary N) is 3. The molecule has 0 aliphatic carbocycles. The van der Waals surface area contributed by atoms with Crippen LogP contribution in [0.1, 0.15) is 36.0 Å². The minimum Gasteiger partial charge on any atom is -0.487 e. The summed E-state index contributed by atoms with van der Waals surface area (Å²) in [6.07, 6.45) is 4.88. The molecule has 3 amide bonds. The molecular weight excluding hydrogens is 364 g/mol. The Morgan fingerprint density at radius 2 is 2.00 bits per heavy atom. The van der Waals surface area contributed by atoms with Crippen LogP contribution >= 0.6 is 11.3 Å². The van der Waals surface area contributed by atoms with E-state index in [4.69, 9.17) is 4.74 Å². The number of hydrogen-bond donors (Lipinski definition) is 3. The Bertz CT molecular complexity index is 772. The molecule has 2 rings (SSSR count). The predicted molar refractivity (Wildman–Crippen MR) is 106 cm³/mol. The number of carbonyl (C=O) groups is 2. The lowest BCUT2D eigenvalue weighted by Crippen LogP contribution is -2.46. The molecule has 0 saturated carbocycles. The first-order valence-corrected chi connectivity index (χ1v) is 9.60. The maximum atomic E-state index is 11.7. The van der Waals surface area contributed by atoms with Gasteiger partial charge in [-0.3, -0.25) is 10.2 Å². The van der Waals surface area contributed by atoms with Crippen molar-refractivity contribution < 1.29 is 14.3 Å². The van der Waals surface area contributed by atoms with Crippen LogP contribution in [0.5, 0.6) is 5.75 Å². The number of thiazole rings is 1. The number of carbonyl (C=O) groups excluding carboxylic acids is 2. The van der Waals surface area contributed by atoms with Crippen LogP contribution in [0.2, 0.25) is 0 Å². The van der Waals surface area contributed by atoms with Gasteiger partial charge in [0.2, 0.25) is 0 Å². The van der Waals surface area contributed by atoms with E-state index >= 15 is 0 Å². The van der Waals surface area contributed by atoms with Crippen LogP contribution in [-0.2, 0) is 11.4 Å². The van der Waals surface area contributed by atoms with Crippen molar-refractivity contribution in [2.45, 2.75) is 33.3 Å². The molecule has 1 heterocycles. The van der Waals surface area contributed by atoms with Gasteiger partial charge in [0.05, 0.1) is 10.7 Å². The van der Waals surface area contributed by atoms with E-state index in [0.717, 1.165) is 34.9 Å². The average Bonchev–Trinajstić information content (AvgIpc) is 3.09. The fourth-order valence-electron chi connectivity index (χ4n) is 2.06. The van der Waals surface area contributed by atoms with Crippen molar-refractivity contribution in [1.82, 2.24) is 21.2 Å². The Labute approximate surface area is 162 Å². The first-order chi connectivity index (χ1) is 13.1. The van der Waals surface area contributed by atoms with Crippen molar-refractivity contribution in [2.75, 3.05) is 6.54 Å². The van der Waals surface area contributed by atoms with Crippen molar-refractivity contribution in [3.63, 3.8) is 0 Å². The lowest BCUT2D eigenvalue weighted by atomic mass is 10.2. The molecule has 144 valence electrons. The predicted octanol–water partition coefficient (Wildman–Crippen LogP) is 3.17. The van der Waals surface area contributed by atoms with Crippen LogP contribution in [0.15, 0.2) is 35.7 Å². The molecule has 7 nitrogen and oxygen atoms in total. The Morgan fingerprint density at radius 1 is 1.22 bits per heavy atom. The molecule has 8 heteroatoms. The summed E-state index contributed by atoms with van der Waals surface area (Å²) in [5, 5.41) is 5.63. The molecule has 0 fully saturated rings. The number of aryl methyl sites for hydroxylation is 1. The zero-order chi connectivity index (χ0) is 19.5. The van der Waals surface area contributed by atoms with Crippen LogP contribution in [0.25, 0.3) is 6.08 Å². The quantitative estimate of drug-likeness (QED) is 0.368. The number of nitrogens with zero attached hydrogens (tertiary/aromatic N) is 1. The first kappa shape index (κ1) is 20.4. The van der Waals surface area contributed by atoms with Gasteiger partial charge in [0.15, 0.2) is 0 Å². The van der Waals surface area contributed by atoms with Crippen LogP contribution < -0.4 is 20.9 Å². The lowest BCUT2D eigenvalue weighted by molar-refractivity contribution is -0.117. The molecule has 3 N–H and O–H groups in total. The van der Waals surface area contributed by atoms with Gasteiger partial charge in [-0.15, -0.1) is 11.3 Å². The normalized spacial score (nSPS) is 10.6. The Kier molecular flexibility index (Phi) is 8.31. The number of amides is 3. The number of aromatic nitrogens is 1. The zero-order valence-electron chi connectivity index (χ0n) is 15.5. The largest absolute Gasteiger partial charge is 0.487 e. The molecule has 0 atom stereocenters. The molecule has 27 heavy (non-hydrogen) atoms. The molecule has 0 radical (unpaired) electrons. The van der Waals surface area contributed by atoms with Gasteiger partial charge in [0.1, 0.15) is 12.4 Å². The van der Waals surface area contributed by atoms with Gasteiger partial charge in [-0.1, -0.05) is 25.5 Å². The van der Waals surface area contributed by atoms with E-state index in [1.54, 1.807) is 17.4 Å². The van der Waals surface area contributed by atoms with Crippen LogP contribution in [-0.4, -0.2) is 23.5 Å². The molecule has 0 saturated heterocycles. The second kappa shape index (κ2) is 11.0. The standard InChI is InChI=1S/C19H24N4O3S/c1-3-4-11-20-19(25)23-22-18(24)10-7-15-5-8-17(9-6-15)26-12-16-13-27-14(2)21-16/h5-10,13H,3-4,11-12H2,1-2H3,(H,22,24)(H2,20,23,25). The number of urea groups is 1. The summed E-state index contributed by atoms with van der Waals surface area (Å²) in [6.45, 7) is 4.99. The molecule has 0 unspecified atom stereocenters. The van der Waals surface area contributed by atoms with Crippen LogP contribution in [0.3, 0.4) is 0 Å². The number of hydrazine groups is 1. The third-order valence-electron chi connectivity index (χ3n) is 3.48. The molecule has 2 aromatic rings. The molecule has 1 aromatic carbocycles. The summed E-state index contributed by atoms with van der Waals surface area (Å²) in [7, 11) is 0. The van der Waals surface area contributed by atoms with Gasteiger partial charge >= 0.3 is 6.03 Å². The molecule has 1 aromatic heterocycles. The van der Waals surface area contributed by atoms with Crippen LogP contribution in [0.4, 0.5) is 4.79 Å². The summed E-state index contributed by atoms with van der Waals surface area (Å²) in [6, 6.07) is 6.92. The maximum absolute atomic E-state index is 11.7. The van der Waals surface area contributed by atoms with Crippen molar-refractivity contribution >= 4 is 29.4 Å². The maximum Gasteiger partial charge on any atom is 0.333 e. The molecular formula is C19H24N4O3S. The van der Waals surface area contributed by atoms with Gasteiger partial charge in [0.25, 0.3) is 5.91 Å². The number of benzene rings is 1. The monoisotopic (exact) mass is 388 g/mol. The third-order valence-corrected chi connectivity index (χ3v) is 4.30. The van der Waals surface area contributed by atoms with E-state index in [0.29, 0.717) is 13.2 Å². The summed E-state index contributed by atoms with van der Waals surface area (Å²) in [5.41, 5.74) is 6.36. The van der Waals surface area contributed by atoms with E-state index < -0.39 is 11.9 Å². The van der Waals surface area contributed by atoms with Crippen molar-refractivity contribution in [1.29, 1.82) is 0 Å². The first-order valence-electron chi connectivity index (χ1n) is 8.72. The molecule has 0 spiro atoms. The summed E-state index contributed by atoms with van der Waals surface area (Å²) < 4.78 is 5.68. The number of ether oxygens (including phenoxy) is 1. The zero-order valence-corrected chi connectivity index (χ0v) is 16.3. The van der Waals surface area contributed by atoms with Gasteiger partial charge in [-0.05, 0) is 37.1 Å². The molecule has 0 aliphatic rings. The summed E-state index contributed by atoms with van der Waals surface area (Å²) in [5.74, 6) is 0.313. The van der Waals surface area contributed by atoms with E-state index in [9.17, 15) is 9.59 Å². The van der Waals surface area contributed by atoms with E-state index in [-0.39, 0.29) is 0 Å². The smallest absolute Gasteiger partial charge is 0.333 e. The highest BCUT2D eigenvalue weighted by Gasteiger charge is 2.02. The average molecular weight is 388 g/mol. The lowest BCUT2D eigenvalue weighted by Gasteiger charge is -2.06. The Balaban J connectivity index is 1.72.